The van der Waals surface area contributed by atoms with Gasteiger partial charge in [0.2, 0.25) is 5.91 Å². The Kier molecular flexibility index (Phi) is 3.41. The Morgan fingerprint density at radius 2 is 2.06 bits per heavy atom. The van der Waals surface area contributed by atoms with Gasteiger partial charge in [-0.2, -0.15) is 0 Å². The van der Waals surface area contributed by atoms with Gasteiger partial charge >= 0.3 is 0 Å². The van der Waals surface area contributed by atoms with E-state index in [4.69, 9.17) is 5.73 Å². The Morgan fingerprint density at radius 3 is 2.59 bits per heavy atom. The molecule has 6 nitrogen and oxygen atoms in total. The Labute approximate surface area is 100 Å². The zero-order valence-corrected chi connectivity index (χ0v) is 9.86. The highest BCUT2D eigenvalue weighted by atomic mass is 16.1. The number of hydrogen-bond donors (Lipinski definition) is 3. The normalized spacial score (nSPS) is 14.4. The van der Waals surface area contributed by atoms with Crippen molar-refractivity contribution in [3.05, 3.63) is 11.9 Å². The van der Waals surface area contributed by atoms with Gasteiger partial charge in [0.05, 0.1) is 6.54 Å². The molecule has 6 heteroatoms. The van der Waals surface area contributed by atoms with Crippen LogP contribution in [-0.4, -0.2) is 29.0 Å². The van der Waals surface area contributed by atoms with Crippen LogP contribution < -0.4 is 16.4 Å². The summed E-state index contributed by atoms with van der Waals surface area (Å²) in [4.78, 5) is 19.5. The van der Waals surface area contributed by atoms with Crippen LogP contribution in [-0.2, 0) is 4.79 Å². The molecule has 0 bridgehead atoms. The van der Waals surface area contributed by atoms with Gasteiger partial charge < -0.3 is 16.4 Å². The summed E-state index contributed by atoms with van der Waals surface area (Å²) in [5.41, 5.74) is 5.09. The first-order valence-corrected chi connectivity index (χ1v) is 5.84. The van der Waals surface area contributed by atoms with Crippen LogP contribution >= 0.6 is 0 Å². The number of hydrogen-bond acceptors (Lipinski definition) is 5. The van der Waals surface area contributed by atoms with Crippen LogP contribution in [0.25, 0.3) is 0 Å². The van der Waals surface area contributed by atoms with E-state index in [1.807, 2.05) is 6.92 Å². The fourth-order valence-electron chi connectivity index (χ4n) is 1.53. The summed E-state index contributed by atoms with van der Waals surface area (Å²) in [7, 11) is 0. The second-order valence-electron chi connectivity index (χ2n) is 4.12. The van der Waals surface area contributed by atoms with Crippen LogP contribution in [0, 0.1) is 0 Å². The minimum atomic E-state index is -0.401. The van der Waals surface area contributed by atoms with Crippen molar-refractivity contribution in [1.29, 1.82) is 0 Å². The predicted molar refractivity (Wildman–Crippen MR) is 65.9 cm³/mol. The molecule has 1 aromatic heterocycles. The van der Waals surface area contributed by atoms with Crippen molar-refractivity contribution < 1.29 is 4.79 Å². The number of primary amides is 1. The average Bonchev–Trinajstić information content (AvgIpc) is 3.10. The monoisotopic (exact) mass is 235 g/mol. The van der Waals surface area contributed by atoms with Crippen LogP contribution in [0.3, 0.4) is 0 Å². The van der Waals surface area contributed by atoms with Crippen LogP contribution in [0.1, 0.15) is 31.5 Å². The van der Waals surface area contributed by atoms with E-state index in [1.54, 1.807) is 6.07 Å². The third-order valence-corrected chi connectivity index (χ3v) is 2.49. The van der Waals surface area contributed by atoms with Crippen molar-refractivity contribution in [1.82, 2.24) is 9.97 Å². The van der Waals surface area contributed by atoms with E-state index in [0.717, 1.165) is 31.0 Å². The molecule has 1 amide bonds. The lowest BCUT2D eigenvalue weighted by Gasteiger charge is -2.09. The van der Waals surface area contributed by atoms with Crippen molar-refractivity contribution >= 4 is 17.5 Å². The number of nitrogens with zero attached hydrogens (tertiary/aromatic N) is 2. The summed E-state index contributed by atoms with van der Waals surface area (Å²) >= 11 is 0. The van der Waals surface area contributed by atoms with E-state index < -0.39 is 5.91 Å². The average molecular weight is 235 g/mol. The summed E-state index contributed by atoms with van der Waals surface area (Å²) in [5.74, 6) is 2.35. The third-order valence-electron chi connectivity index (χ3n) is 2.49. The fraction of sp³-hybridized carbons (Fsp3) is 0.545. The molecule has 0 radical (unpaired) electrons. The molecule has 1 fully saturated rings. The maximum Gasteiger partial charge on any atom is 0.236 e. The zero-order valence-electron chi connectivity index (χ0n) is 9.86. The zero-order chi connectivity index (χ0) is 12.3. The van der Waals surface area contributed by atoms with E-state index in [2.05, 4.69) is 20.6 Å². The van der Waals surface area contributed by atoms with Crippen molar-refractivity contribution in [3.63, 3.8) is 0 Å². The molecule has 2 rings (SSSR count). The molecule has 1 heterocycles. The molecule has 0 saturated heterocycles. The lowest BCUT2D eigenvalue weighted by Crippen LogP contribution is -2.22. The maximum absolute atomic E-state index is 10.7. The van der Waals surface area contributed by atoms with Crippen molar-refractivity contribution in [2.45, 2.75) is 25.7 Å². The molecule has 1 aliphatic carbocycles. The van der Waals surface area contributed by atoms with Gasteiger partial charge in [0.25, 0.3) is 0 Å². The maximum atomic E-state index is 10.7. The Balaban J connectivity index is 2.14. The van der Waals surface area contributed by atoms with Gasteiger partial charge in [0.15, 0.2) is 0 Å². The summed E-state index contributed by atoms with van der Waals surface area (Å²) in [6.07, 6.45) is 2.29. The Hall–Kier alpha value is -1.85. The lowest BCUT2D eigenvalue weighted by atomic mass is 10.3. The molecule has 0 aromatic carbocycles. The van der Waals surface area contributed by atoms with Gasteiger partial charge in [-0.1, -0.05) is 0 Å². The van der Waals surface area contributed by atoms with E-state index in [-0.39, 0.29) is 6.54 Å². The second-order valence-corrected chi connectivity index (χ2v) is 4.12. The van der Waals surface area contributed by atoms with E-state index in [1.165, 1.54) is 0 Å². The highest BCUT2D eigenvalue weighted by Crippen LogP contribution is 2.38. The summed E-state index contributed by atoms with van der Waals surface area (Å²) in [5, 5.41) is 6.05. The van der Waals surface area contributed by atoms with Gasteiger partial charge in [-0.25, -0.2) is 9.97 Å². The smallest absolute Gasteiger partial charge is 0.236 e. The number of nitrogens with two attached hydrogens (primary N) is 1. The van der Waals surface area contributed by atoms with Gasteiger partial charge in [0.1, 0.15) is 17.5 Å². The number of carbonyl (C=O) groups excluding carboxylic acids is 1. The fourth-order valence-corrected chi connectivity index (χ4v) is 1.53. The first kappa shape index (κ1) is 11.6. The molecule has 0 spiro atoms. The van der Waals surface area contributed by atoms with Crippen LogP contribution in [0.2, 0.25) is 0 Å². The van der Waals surface area contributed by atoms with Crippen LogP contribution in [0.15, 0.2) is 6.07 Å². The first-order chi connectivity index (χ1) is 8.19. The number of nitrogens with one attached hydrogen (secondary N) is 2. The molecule has 1 aromatic rings. The first-order valence-electron chi connectivity index (χ1n) is 5.84. The number of aromatic nitrogens is 2. The van der Waals surface area contributed by atoms with Crippen LogP contribution in [0.5, 0.6) is 0 Å². The second kappa shape index (κ2) is 4.99. The topological polar surface area (TPSA) is 92.9 Å². The van der Waals surface area contributed by atoms with Gasteiger partial charge in [-0.05, 0) is 19.8 Å². The third kappa shape index (κ3) is 3.30. The number of rotatable bonds is 6. The quantitative estimate of drug-likeness (QED) is 0.674. The van der Waals surface area contributed by atoms with Gasteiger partial charge in [-0.3, -0.25) is 4.79 Å². The Bertz CT molecular complexity index is 416. The molecule has 0 aliphatic heterocycles. The van der Waals surface area contributed by atoms with E-state index in [0.29, 0.717) is 11.7 Å². The largest absolute Gasteiger partial charge is 0.370 e. The highest BCUT2D eigenvalue weighted by Gasteiger charge is 2.27. The minimum Gasteiger partial charge on any atom is -0.370 e. The molecule has 0 unspecified atom stereocenters. The molecule has 92 valence electrons. The van der Waals surface area contributed by atoms with Crippen molar-refractivity contribution in [2.24, 2.45) is 5.73 Å². The number of amides is 1. The summed E-state index contributed by atoms with van der Waals surface area (Å²) in [6, 6.07) is 1.79. The molecular weight excluding hydrogens is 218 g/mol. The number of anilines is 2. The highest BCUT2D eigenvalue weighted by molar-refractivity contribution is 5.78. The molecule has 1 saturated carbocycles. The predicted octanol–water partition coefficient (Wildman–Crippen LogP) is 0.683. The number of carbonyl (C=O) groups is 1. The standard InChI is InChI=1S/C11H17N5O/c1-2-13-9-5-10(14-6-8(12)17)16-11(15-9)7-3-4-7/h5,7H,2-4,6H2,1H3,(H2,12,17)(H2,13,14,15,16). The Morgan fingerprint density at radius 1 is 1.41 bits per heavy atom. The van der Waals surface area contributed by atoms with E-state index in [9.17, 15) is 4.79 Å². The molecular formula is C11H17N5O. The van der Waals surface area contributed by atoms with Crippen LogP contribution in [0.4, 0.5) is 11.6 Å². The van der Waals surface area contributed by atoms with Crippen molar-refractivity contribution in [3.8, 4) is 0 Å². The van der Waals surface area contributed by atoms with Gasteiger partial charge in [-0.15, -0.1) is 0 Å². The molecule has 17 heavy (non-hydrogen) atoms. The molecule has 4 N–H and O–H groups in total. The summed E-state index contributed by atoms with van der Waals surface area (Å²) in [6.45, 7) is 2.90. The lowest BCUT2D eigenvalue weighted by molar-refractivity contribution is -0.116. The minimum absolute atomic E-state index is 0.0900. The van der Waals surface area contributed by atoms with E-state index >= 15 is 0 Å². The van der Waals surface area contributed by atoms with Gasteiger partial charge in [0, 0.05) is 18.5 Å². The molecule has 0 atom stereocenters. The van der Waals surface area contributed by atoms with Crippen molar-refractivity contribution in [2.75, 3.05) is 23.7 Å². The summed E-state index contributed by atoms with van der Waals surface area (Å²) < 4.78 is 0. The molecule has 1 aliphatic rings. The SMILES string of the molecule is CCNc1cc(NCC(N)=O)nc(C2CC2)n1.